The van der Waals surface area contributed by atoms with Crippen LogP contribution in [0.15, 0.2) is 54.6 Å². The van der Waals surface area contributed by atoms with Gasteiger partial charge in [0.2, 0.25) is 0 Å². The van der Waals surface area contributed by atoms with Gasteiger partial charge in [-0.2, -0.15) is 0 Å². The predicted molar refractivity (Wildman–Crippen MR) is 96.8 cm³/mol. The summed E-state index contributed by atoms with van der Waals surface area (Å²) in [4.78, 5) is 24.5. The zero-order valence-electron chi connectivity index (χ0n) is 14.4. The summed E-state index contributed by atoms with van der Waals surface area (Å²) < 4.78 is 5.70. The Bertz CT molecular complexity index is 719. The van der Waals surface area contributed by atoms with E-state index in [0.29, 0.717) is 16.9 Å². The molecule has 0 radical (unpaired) electrons. The standard InChI is InChI=1S/C21H23NO3/c1-15(21(24)22-18-9-5-6-10-18)25-19-13-11-17(12-14-19)20(23)16-7-3-2-4-8-16/h2-4,7-8,11-15,18H,5-6,9-10H2,1H3,(H,22,24). The normalized spacial score (nSPS) is 15.6. The smallest absolute Gasteiger partial charge is 0.260 e. The SMILES string of the molecule is CC(Oc1ccc(C(=O)c2ccccc2)cc1)C(=O)NC1CCCC1. The van der Waals surface area contributed by atoms with Gasteiger partial charge in [-0.05, 0) is 44.0 Å². The van der Waals surface area contributed by atoms with Gasteiger partial charge in [-0.25, -0.2) is 0 Å². The highest BCUT2D eigenvalue weighted by Gasteiger charge is 2.21. The van der Waals surface area contributed by atoms with Crippen LogP contribution in [0.4, 0.5) is 0 Å². The number of carbonyl (C=O) groups is 2. The van der Waals surface area contributed by atoms with Crippen LogP contribution >= 0.6 is 0 Å². The van der Waals surface area contributed by atoms with Crippen LogP contribution in [0.1, 0.15) is 48.5 Å². The highest BCUT2D eigenvalue weighted by molar-refractivity contribution is 6.08. The molecule has 0 heterocycles. The fourth-order valence-corrected chi connectivity index (χ4v) is 3.09. The van der Waals surface area contributed by atoms with Crippen LogP contribution in [0, 0.1) is 0 Å². The first-order valence-electron chi connectivity index (χ1n) is 8.80. The Kier molecular flexibility index (Phi) is 5.49. The quantitative estimate of drug-likeness (QED) is 0.817. The van der Waals surface area contributed by atoms with Crippen molar-refractivity contribution < 1.29 is 14.3 Å². The number of ether oxygens (including phenoxy) is 1. The summed E-state index contributed by atoms with van der Waals surface area (Å²) in [5.74, 6) is 0.467. The Morgan fingerprint density at radius 3 is 2.20 bits per heavy atom. The second-order valence-corrected chi connectivity index (χ2v) is 6.47. The molecule has 1 atom stereocenters. The fourth-order valence-electron chi connectivity index (χ4n) is 3.09. The molecule has 4 nitrogen and oxygen atoms in total. The van der Waals surface area contributed by atoms with Gasteiger partial charge >= 0.3 is 0 Å². The minimum Gasteiger partial charge on any atom is -0.481 e. The summed E-state index contributed by atoms with van der Waals surface area (Å²) in [6.07, 6.45) is 3.90. The van der Waals surface area contributed by atoms with Crippen molar-refractivity contribution in [2.75, 3.05) is 0 Å². The molecule has 1 fully saturated rings. The molecule has 0 bridgehead atoms. The van der Waals surface area contributed by atoms with Crippen molar-refractivity contribution in [2.45, 2.75) is 44.8 Å². The van der Waals surface area contributed by atoms with Gasteiger partial charge in [-0.3, -0.25) is 9.59 Å². The van der Waals surface area contributed by atoms with E-state index in [1.54, 1.807) is 43.3 Å². The van der Waals surface area contributed by atoms with Gasteiger partial charge < -0.3 is 10.1 Å². The summed E-state index contributed by atoms with van der Waals surface area (Å²) in [5.41, 5.74) is 1.25. The minimum absolute atomic E-state index is 0.0285. The van der Waals surface area contributed by atoms with E-state index in [1.165, 1.54) is 12.8 Å². The summed E-state index contributed by atoms with van der Waals surface area (Å²) in [7, 11) is 0. The fraction of sp³-hybridized carbons (Fsp3) is 0.333. The lowest BCUT2D eigenvalue weighted by Crippen LogP contribution is -2.41. The van der Waals surface area contributed by atoms with Crippen molar-refractivity contribution in [3.8, 4) is 5.75 Å². The third-order valence-corrected chi connectivity index (χ3v) is 4.54. The van der Waals surface area contributed by atoms with E-state index in [0.717, 1.165) is 12.8 Å². The monoisotopic (exact) mass is 337 g/mol. The minimum atomic E-state index is -0.559. The summed E-state index contributed by atoms with van der Waals surface area (Å²) in [5, 5.41) is 3.03. The van der Waals surface area contributed by atoms with Crippen molar-refractivity contribution in [1.29, 1.82) is 0 Å². The molecule has 0 aromatic heterocycles. The number of hydrogen-bond acceptors (Lipinski definition) is 3. The maximum Gasteiger partial charge on any atom is 0.260 e. The van der Waals surface area contributed by atoms with E-state index in [2.05, 4.69) is 5.32 Å². The van der Waals surface area contributed by atoms with Gasteiger partial charge in [0.25, 0.3) is 5.91 Å². The van der Waals surface area contributed by atoms with E-state index >= 15 is 0 Å². The molecule has 1 saturated carbocycles. The van der Waals surface area contributed by atoms with Crippen molar-refractivity contribution in [3.05, 3.63) is 65.7 Å². The van der Waals surface area contributed by atoms with Crippen molar-refractivity contribution in [3.63, 3.8) is 0 Å². The number of amides is 1. The lowest BCUT2D eigenvalue weighted by molar-refractivity contribution is -0.127. The first-order chi connectivity index (χ1) is 12.1. The van der Waals surface area contributed by atoms with Crippen LogP contribution in [0.3, 0.4) is 0 Å². The van der Waals surface area contributed by atoms with Crippen LogP contribution < -0.4 is 10.1 Å². The summed E-state index contributed by atoms with van der Waals surface area (Å²) >= 11 is 0. The highest BCUT2D eigenvalue weighted by atomic mass is 16.5. The van der Waals surface area contributed by atoms with E-state index in [4.69, 9.17) is 4.74 Å². The lowest BCUT2D eigenvalue weighted by Gasteiger charge is -2.18. The topological polar surface area (TPSA) is 55.4 Å². The molecule has 130 valence electrons. The number of rotatable bonds is 6. The van der Waals surface area contributed by atoms with Crippen LogP contribution in [0.25, 0.3) is 0 Å². The molecule has 2 aromatic carbocycles. The molecule has 2 aromatic rings. The van der Waals surface area contributed by atoms with Gasteiger partial charge in [0.05, 0.1) is 0 Å². The van der Waals surface area contributed by atoms with Crippen molar-refractivity contribution in [1.82, 2.24) is 5.32 Å². The summed E-state index contributed by atoms with van der Waals surface area (Å²) in [6, 6.07) is 16.4. The van der Waals surface area contributed by atoms with Gasteiger partial charge in [0.1, 0.15) is 5.75 Å². The van der Waals surface area contributed by atoms with Crippen molar-refractivity contribution >= 4 is 11.7 Å². The third kappa shape index (κ3) is 4.47. The van der Waals surface area contributed by atoms with Gasteiger partial charge in [0, 0.05) is 17.2 Å². The van der Waals surface area contributed by atoms with E-state index in [-0.39, 0.29) is 17.7 Å². The summed E-state index contributed by atoms with van der Waals surface area (Å²) in [6.45, 7) is 1.74. The van der Waals surface area contributed by atoms with Crippen LogP contribution in [0.2, 0.25) is 0 Å². The Balaban J connectivity index is 1.58. The zero-order chi connectivity index (χ0) is 17.6. The molecule has 1 amide bonds. The number of nitrogens with one attached hydrogen (secondary N) is 1. The molecule has 1 aliphatic carbocycles. The molecule has 3 rings (SSSR count). The molecular formula is C21H23NO3. The van der Waals surface area contributed by atoms with Gasteiger partial charge in [-0.15, -0.1) is 0 Å². The number of hydrogen-bond donors (Lipinski definition) is 1. The molecule has 0 aliphatic heterocycles. The average molecular weight is 337 g/mol. The largest absolute Gasteiger partial charge is 0.481 e. The third-order valence-electron chi connectivity index (χ3n) is 4.54. The van der Waals surface area contributed by atoms with E-state index < -0.39 is 6.10 Å². The lowest BCUT2D eigenvalue weighted by atomic mass is 10.0. The predicted octanol–water partition coefficient (Wildman–Crippen LogP) is 3.74. The Labute approximate surface area is 148 Å². The maximum absolute atomic E-state index is 12.4. The van der Waals surface area contributed by atoms with E-state index in [9.17, 15) is 9.59 Å². The van der Waals surface area contributed by atoms with Crippen LogP contribution in [0.5, 0.6) is 5.75 Å². The molecule has 1 unspecified atom stereocenters. The molecular weight excluding hydrogens is 314 g/mol. The first kappa shape index (κ1) is 17.2. The number of ketones is 1. The average Bonchev–Trinajstić information content (AvgIpc) is 3.15. The van der Waals surface area contributed by atoms with Crippen molar-refractivity contribution in [2.24, 2.45) is 0 Å². The Hall–Kier alpha value is -2.62. The molecule has 1 aliphatic rings. The zero-order valence-corrected chi connectivity index (χ0v) is 14.4. The molecule has 25 heavy (non-hydrogen) atoms. The first-order valence-corrected chi connectivity index (χ1v) is 8.80. The van der Waals surface area contributed by atoms with Crippen LogP contribution in [-0.2, 0) is 4.79 Å². The van der Waals surface area contributed by atoms with Gasteiger partial charge in [-0.1, -0.05) is 43.2 Å². The second kappa shape index (κ2) is 7.97. The molecule has 4 heteroatoms. The molecule has 1 N–H and O–H groups in total. The number of benzene rings is 2. The second-order valence-electron chi connectivity index (χ2n) is 6.47. The molecule has 0 spiro atoms. The van der Waals surface area contributed by atoms with E-state index in [1.807, 2.05) is 18.2 Å². The molecule has 0 saturated heterocycles. The Morgan fingerprint density at radius 2 is 1.56 bits per heavy atom. The van der Waals surface area contributed by atoms with Crippen LogP contribution in [-0.4, -0.2) is 23.8 Å². The Morgan fingerprint density at radius 1 is 0.960 bits per heavy atom. The number of carbonyl (C=O) groups excluding carboxylic acids is 2. The maximum atomic E-state index is 12.4. The highest BCUT2D eigenvalue weighted by Crippen LogP contribution is 2.19. The van der Waals surface area contributed by atoms with Gasteiger partial charge in [0.15, 0.2) is 11.9 Å².